The molecule has 0 amide bonds. The third kappa shape index (κ3) is 14.8. The summed E-state index contributed by atoms with van der Waals surface area (Å²) in [5.41, 5.74) is 6.43. The highest BCUT2D eigenvalue weighted by Gasteiger charge is 2.17. The van der Waals surface area contributed by atoms with Crippen LogP contribution in [-0.4, -0.2) is 72.3 Å². The number of ether oxygens (including phenoxy) is 6. The molecule has 2 fully saturated rings. The maximum absolute atomic E-state index is 12.4. The first-order chi connectivity index (χ1) is 22.8. The van der Waals surface area contributed by atoms with Crippen molar-refractivity contribution in [3.8, 4) is 5.75 Å². The normalized spacial score (nSPS) is 19.9. The molecule has 262 valence electrons. The number of allylic oxidation sites excluding steroid dienone is 4. The lowest BCUT2D eigenvalue weighted by Crippen LogP contribution is -2.25. The van der Waals surface area contributed by atoms with E-state index in [4.69, 9.17) is 28.4 Å². The molecule has 2 unspecified atom stereocenters. The van der Waals surface area contributed by atoms with Gasteiger partial charge in [0.2, 0.25) is 0 Å². The highest BCUT2D eigenvalue weighted by molar-refractivity contribution is 5.91. The number of carbonyl (C=O) groups excluding carboxylic acids is 1. The zero-order valence-electron chi connectivity index (χ0n) is 29.8. The maximum atomic E-state index is 12.4. The van der Waals surface area contributed by atoms with Crippen LogP contribution < -0.4 is 9.64 Å². The van der Waals surface area contributed by atoms with Crippen LogP contribution in [0.4, 0.5) is 5.69 Å². The summed E-state index contributed by atoms with van der Waals surface area (Å²) in [4.78, 5) is 14.6. The van der Waals surface area contributed by atoms with Gasteiger partial charge in [0.05, 0.1) is 38.7 Å². The number of anilines is 1. The fourth-order valence-corrected chi connectivity index (χ4v) is 5.53. The molecule has 3 rings (SSSR count). The topological polar surface area (TPSA) is 75.7 Å². The van der Waals surface area contributed by atoms with Crippen LogP contribution in [0.25, 0.3) is 0 Å². The largest absolute Gasteiger partial charge is 0.495 e. The van der Waals surface area contributed by atoms with Crippen LogP contribution in [0.1, 0.15) is 102 Å². The first kappa shape index (κ1) is 38.5. The third-order valence-corrected chi connectivity index (χ3v) is 8.59. The summed E-state index contributed by atoms with van der Waals surface area (Å²) >= 11 is 0. The number of rotatable bonds is 19. The highest BCUT2D eigenvalue weighted by Crippen LogP contribution is 2.30. The van der Waals surface area contributed by atoms with E-state index in [1.807, 2.05) is 12.1 Å². The van der Waals surface area contributed by atoms with Gasteiger partial charge in [-0.15, -0.1) is 0 Å². The number of hydrogen-bond donors (Lipinski definition) is 0. The monoisotopic (exact) mass is 653 g/mol. The second-order valence-electron chi connectivity index (χ2n) is 12.8. The molecule has 0 aliphatic carbocycles. The van der Waals surface area contributed by atoms with E-state index >= 15 is 0 Å². The van der Waals surface area contributed by atoms with Crippen LogP contribution in [0.2, 0.25) is 0 Å². The lowest BCUT2D eigenvalue weighted by atomic mass is 10.1. The molecule has 2 aliphatic heterocycles. The van der Waals surface area contributed by atoms with Gasteiger partial charge in [0, 0.05) is 26.3 Å². The number of nitrogens with zero attached hydrogens (tertiary/aromatic N) is 1. The summed E-state index contributed by atoms with van der Waals surface area (Å²) in [5.74, 6) is 0.352. The van der Waals surface area contributed by atoms with Gasteiger partial charge in [0.25, 0.3) is 0 Å². The van der Waals surface area contributed by atoms with Crippen molar-refractivity contribution in [3.05, 3.63) is 70.4 Å². The Kier molecular flexibility index (Phi) is 17.9. The Bertz CT molecular complexity index is 1150. The number of methoxy groups -OCH3 is 2. The minimum Gasteiger partial charge on any atom is -0.495 e. The molecule has 1 aromatic rings. The van der Waals surface area contributed by atoms with Crippen molar-refractivity contribution in [1.82, 2.24) is 0 Å². The van der Waals surface area contributed by atoms with Gasteiger partial charge in [-0.2, -0.15) is 0 Å². The summed E-state index contributed by atoms with van der Waals surface area (Å²) in [6.07, 6.45) is 19.3. The van der Waals surface area contributed by atoms with E-state index in [0.717, 1.165) is 76.0 Å². The Morgan fingerprint density at radius 3 is 1.74 bits per heavy atom. The minimum atomic E-state index is -0.366. The van der Waals surface area contributed by atoms with Gasteiger partial charge in [-0.25, -0.2) is 4.79 Å². The molecular weight excluding hydrogens is 594 g/mol. The Balaban J connectivity index is 1.60. The predicted molar refractivity (Wildman–Crippen MR) is 189 cm³/mol. The summed E-state index contributed by atoms with van der Waals surface area (Å²) < 4.78 is 34.0. The van der Waals surface area contributed by atoms with E-state index in [0.29, 0.717) is 31.9 Å². The van der Waals surface area contributed by atoms with Crippen molar-refractivity contribution in [2.45, 2.75) is 104 Å². The van der Waals surface area contributed by atoms with Crippen molar-refractivity contribution in [1.29, 1.82) is 0 Å². The number of benzene rings is 1. The second kappa shape index (κ2) is 21.9. The molecule has 2 aliphatic rings. The zero-order valence-corrected chi connectivity index (χ0v) is 29.8. The maximum Gasteiger partial charge on any atom is 0.337 e. The first-order valence-corrected chi connectivity index (χ1v) is 17.4. The standard InChI is InChI=1S/C39H59NO7/c1-30(13-11-15-32(3)28-46-37-17-7-9-25-44-37)21-23-40(35-27-34(39(41)43-6)19-20-36(35)42-5)24-22-31(2)14-12-16-33(4)29-47-38-18-8-10-26-45-38/h15-16,19-22,27,37-38H,7-14,17-18,23-26,28-29H2,1-6H3/b30-21+,31-22+,32-15+,33-16+. The van der Waals surface area contributed by atoms with Crippen molar-refractivity contribution in [2.24, 2.45) is 0 Å². The molecule has 0 saturated carbocycles. The molecule has 47 heavy (non-hydrogen) atoms. The number of hydrogen-bond acceptors (Lipinski definition) is 8. The molecule has 8 heteroatoms. The lowest BCUT2D eigenvalue weighted by molar-refractivity contribution is -0.157. The quantitative estimate of drug-likeness (QED) is 0.108. The summed E-state index contributed by atoms with van der Waals surface area (Å²) in [5, 5.41) is 0. The molecule has 1 aromatic carbocycles. The van der Waals surface area contributed by atoms with Gasteiger partial charge in [-0.05, 0) is 110 Å². The van der Waals surface area contributed by atoms with Crippen molar-refractivity contribution in [3.63, 3.8) is 0 Å². The average Bonchev–Trinajstić information content (AvgIpc) is 3.10. The SMILES string of the molecule is COC(=O)c1ccc(OC)c(N(C/C=C(\C)CC/C=C(\C)COC2CCCCO2)C/C=C(\C)CC/C=C(\C)COC2CCCCO2)c1. The summed E-state index contributed by atoms with van der Waals surface area (Å²) in [7, 11) is 3.06. The molecule has 0 spiro atoms. The van der Waals surface area contributed by atoms with E-state index in [9.17, 15) is 4.79 Å². The summed E-state index contributed by atoms with van der Waals surface area (Å²) in [6.45, 7) is 12.8. The molecule has 2 saturated heterocycles. The molecule has 0 bridgehead atoms. The Morgan fingerprint density at radius 2 is 1.30 bits per heavy atom. The van der Waals surface area contributed by atoms with E-state index in [1.165, 1.54) is 42.2 Å². The average molecular weight is 654 g/mol. The predicted octanol–water partition coefficient (Wildman–Crippen LogP) is 8.72. The van der Waals surface area contributed by atoms with E-state index in [2.05, 4.69) is 56.9 Å². The second-order valence-corrected chi connectivity index (χ2v) is 12.8. The van der Waals surface area contributed by atoms with Gasteiger partial charge in [0.1, 0.15) is 5.75 Å². The molecule has 0 aromatic heterocycles. The van der Waals surface area contributed by atoms with Gasteiger partial charge >= 0.3 is 5.97 Å². The zero-order chi connectivity index (χ0) is 33.9. The van der Waals surface area contributed by atoms with Gasteiger partial charge < -0.3 is 33.3 Å². The van der Waals surface area contributed by atoms with E-state index in [-0.39, 0.29) is 18.5 Å². The van der Waals surface area contributed by atoms with Crippen LogP contribution >= 0.6 is 0 Å². The Hall–Kier alpha value is -2.91. The van der Waals surface area contributed by atoms with Gasteiger partial charge in [0.15, 0.2) is 12.6 Å². The Morgan fingerprint density at radius 1 is 0.766 bits per heavy atom. The molecule has 0 radical (unpaired) electrons. The van der Waals surface area contributed by atoms with Gasteiger partial charge in [-0.1, -0.05) is 46.6 Å². The lowest BCUT2D eigenvalue weighted by Gasteiger charge is -2.25. The molecule has 8 nitrogen and oxygen atoms in total. The summed E-state index contributed by atoms with van der Waals surface area (Å²) in [6, 6.07) is 5.44. The fourth-order valence-electron chi connectivity index (χ4n) is 5.53. The minimum absolute atomic E-state index is 0.0613. The van der Waals surface area contributed by atoms with Crippen LogP contribution in [-0.2, 0) is 23.7 Å². The molecule has 2 heterocycles. The molecule has 2 atom stereocenters. The van der Waals surface area contributed by atoms with Gasteiger partial charge in [-0.3, -0.25) is 0 Å². The van der Waals surface area contributed by atoms with Crippen LogP contribution in [0, 0.1) is 0 Å². The van der Waals surface area contributed by atoms with Crippen LogP contribution in [0.5, 0.6) is 5.75 Å². The molecular formula is C39H59NO7. The Labute approximate surface area is 283 Å². The first-order valence-electron chi connectivity index (χ1n) is 17.4. The fraction of sp³-hybridized carbons (Fsp3) is 0.615. The van der Waals surface area contributed by atoms with Crippen molar-refractivity contribution < 1.29 is 33.2 Å². The van der Waals surface area contributed by atoms with E-state index < -0.39 is 0 Å². The van der Waals surface area contributed by atoms with Crippen LogP contribution in [0.3, 0.4) is 0 Å². The van der Waals surface area contributed by atoms with Crippen molar-refractivity contribution in [2.75, 3.05) is 58.6 Å². The van der Waals surface area contributed by atoms with Crippen LogP contribution in [0.15, 0.2) is 64.8 Å². The number of carbonyl (C=O) groups is 1. The van der Waals surface area contributed by atoms with Crippen molar-refractivity contribution >= 4 is 11.7 Å². The smallest absolute Gasteiger partial charge is 0.337 e. The highest BCUT2D eigenvalue weighted by atomic mass is 16.7. The number of esters is 1. The third-order valence-electron chi connectivity index (χ3n) is 8.59. The van der Waals surface area contributed by atoms with E-state index in [1.54, 1.807) is 13.2 Å². The molecule has 0 N–H and O–H groups in total.